The van der Waals surface area contributed by atoms with E-state index >= 15 is 0 Å². The van der Waals surface area contributed by atoms with Crippen LogP contribution in [-0.4, -0.2) is 41.1 Å². The van der Waals surface area contributed by atoms with Gasteiger partial charge in [0, 0.05) is 0 Å². The van der Waals surface area contributed by atoms with Crippen LogP contribution in [0.15, 0.2) is 18.2 Å². The first-order valence-electron chi connectivity index (χ1n) is 13.4. The molecule has 0 aromatic heterocycles. The van der Waals surface area contributed by atoms with Crippen molar-refractivity contribution in [2.24, 2.45) is 23.2 Å². The Kier molecular flexibility index (Phi) is 9.45. The van der Waals surface area contributed by atoms with Crippen molar-refractivity contribution < 1.29 is 24.5 Å². The minimum Gasteiger partial charge on any atom is -0.482 e. The van der Waals surface area contributed by atoms with Gasteiger partial charge in [-0.1, -0.05) is 59.1 Å². The normalized spacial score (nSPS) is 25.9. The van der Waals surface area contributed by atoms with Gasteiger partial charge in [0.05, 0.1) is 12.2 Å². The smallest absolute Gasteiger partial charge is 0.344 e. The maximum absolute atomic E-state index is 12.3. The minimum absolute atomic E-state index is 0.0911. The average molecular weight is 475 g/mol. The van der Waals surface area contributed by atoms with E-state index in [1.807, 2.05) is 39.8 Å². The van der Waals surface area contributed by atoms with E-state index in [4.69, 9.17) is 9.47 Å². The van der Waals surface area contributed by atoms with Crippen LogP contribution in [-0.2, 0) is 22.4 Å². The largest absolute Gasteiger partial charge is 0.482 e. The third-order valence-electron chi connectivity index (χ3n) is 8.19. The van der Waals surface area contributed by atoms with Crippen LogP contribution in [0.3, 0.4) is 0 Å². The Morgan fingerprint density at radius 2 is 1.94 bits per heavy atom. The molecule has 192 valence electrons. The number of ether oxygens (including phenoxy) is 2. The Bertz CT molecular complexity index is 798. The molecule has 0 heterocycles. The number of benzene rings is 1. The van der Waals surface area contributed by atoms with Crippen LogP contribution in [0.5, 0.6) is 5.75 Å². The highest BCUT2D eigenvalue weighted by Gasteiger charge is 2.44. The molecular weight excluding hydrogens is 428 g/mol. The molecule has 5 heteroatoms. The molecule has 1 saturated carbocycles. The fraction of sp³-hybridized carbons (Fsp3) is 0.759. The molecule has 0 amide bonds. The van der Waals surface area contributed by atoms with Gasteiger partial charge < -0.3 is 19.7 Å². The number of carbonyl (C=O) groups excluding carboxylic acids is 1. The first-order chi connectivity index (χ1) is 16.1. The predicted molar refractivity (Wildman–Crippen MR) is 135 cm³/mol. The summed E-state index contributed by atoms with van der Waals surface area (Å²) in [4.78, 5) is 12.3. The summed E-state index contributed by atoms with van der Waals surface area (Å²) in [5.74, 6) is 1.53. The molecule has 5 nitrogen and oxygen atoms in total. The van der Waals surface area contributed by atoms with E-state index in [1.165, 1.54) is 24.0 Å². The van der Waals surface area contributed by atoms with Gasteiger partial charge in [-0.3, -0.25) is 0 Å². The number of aliphatic hydroxyl groups excluding tert-OH is 2. The number of hydrogen-bond acceptors (Lipinski definition) is 5. The van der Waals surface area contributed by atoms with Crippen molar-refractivity contribution in [3.63, 3.8) is 0 Å². The Hall–Kier alpha value is -1.59. The fourth-order valence-corrected chi connectivity index (χ4v) is 5.64. The Balaban J connectivity index is 1.58. The van der Waals surface area contributed by atoms with Gasteiger partial charge >= 0.3 is 5.97 Å². The second-order valence-corrected chi connectivity index (χ2v) is 11.7. The van der Waals surface area contributed by atoms with Crippen molar-refractivity contribution in [2.75, 3.05) is 6.61 Å². The lowest BCUT2D eigenvalue weighted by molar-refractivity contribution is -0.155. The average Bonchev–Trinajstić information content (AvgIpc) is 3.08. The molecule has 0 radical (unpaired) electrons. The van der Waals surface area contributed by atoms with Crippen molar-refractivity contribution in [1.29, 1.82) is 0 Å². The van der Waals surface area contributed by atoms with E-state index < -0.39 is 0 Å². The number of fused-ring (bicyclic) bond motifs is 2. The van der Waals surface area contributed by atoms with Crippen LogP contribution < -0.4 is 4.74 Å². The maximum Gasteiger partial charge on any atom is 0.344 e. The van der Waals surface area contributed by atoms with Gasteiger partial charge in [-0.15, -0.1) is 0 Å². The van der Waals surface area contributed by atoms with Crippen molar-refractivity contribution in [1.82, 2.24) is 0 Å². The van der Waals surface area contributed by atoms with Crippen molar-refractivity contribution >= 4 is 5.97 Å². The molecule has 1 fully saturated rings. The minimum atomic E-state index is -0.345. The number of hydrogen-bond donors (Lipinski definition) is 2. The number of rotatable bonds is 11. The van der Waals surface area contributed by atoms with Crippen LogP contribution in [0.25, 0.3) is 0 Å². The van der Waals surface area contributed by atoms with Crippen molar-refractivity contribution in [3.05, 3.63) is 29.3 Å². The zero-order chi connectivity index (χ0) is 24.9. The fourth-order valence-electron chi connectivity index (χ4n) is 5.64. The van der Waals surface area contributed by atoms with Gasteiger partial charge in [0.15, 0.2) is 6.61 Å². The Morgan fingerprint density at radius 3 is 2.65 bits per heavy atom. The molecule has 2 aliphatic rings. The summed E-state index contributed by atoms with van der Waals surface area (Å²) in [6.07, 6.45) is 7.81. The molecule has 0 saturated heterocycles. The number of unbranched alkanes of at least 4 members (excludes halogenated alkanes) is 2. The van der Waals surface area contributed by atoms with E-state index in [0.29, 0.717) is 11.8 Å². The Morgan fingerprint density at radius 1 is 1.18 bits per heavy atom. The highest BCUT2D eigenvalue weighted by molar-refractivity contribution is 5.71. The third-order valence-corrected chi connectivity index (χ3v) is 8.19. The topological polar surface area (TPSA) is 76.0 Å². The second-order valence-electron chi connectivity index (χ2n) is 11.7. The zero-order valence-electron chi connectivity index (χ0n) is 21.9. The lowest BCUT2D eigenvalue weighted by Gasteiger charge is -2.32. The summed E-state index contributed by atoms with van der Waals surface area (Å²) in [5.41, 5.74) is 2.33. The molecule has 3 rings (SSSR count). The van der Waals surface area contributed by atoms with Gasteiger partial charge in [-0.05, 0) is 85.8 Å². The molecule has 0 spiro atoms. The van der Waals surface area contributed by atoms with Gasteiger partial charge in [0.25, 0.3) is 0 Å². The summed E-state index contributed by atoms with van der Waals surface area (Å²) in [7, 11) is 0. The first kappa shape index (κ1) is 27.0. The van der Waals surface area contributed by atoms with Gasteiger partial charge in [-0.2, -0.15) is 0 Å². The monoisotopic (exact) mass is 474 g/mol. The summed E-state index contributed by atoms with van der Waals surface area (Å²) in [6.45, 7) is 10.1. The highest BCUT2D eigenvalue weighted by atomic mass is 16.6. The molecule has 1 aromatic carbocycles. The van der Waals surface area contributed by atoms with E-state index in [2.05, 4.69) is 13.0 Å². The van der Waals surface area contributed by atoms with Gasteiger partial charge in [0.1, 0.15) is 11.9 Å². The van der Waals surface area contributed by atoms with Crippen molar-refractivity contribution in [2.45, 2.75) is 111 Å². The SMILES string of the molecule is CCCCC[C@H](O)CC[C@@H]1[C@H]2Cc3cccc(OCC(=O)O[C@H](C)C(C)(C)C)c3C[C@H]2C[C@H]1O. The van der Waals surface area contributed by atoms with Crippen LogP contribution in [0.2, 0.25) is 0 Å². The summed E-state index contributed by atoms with van der Waals surface area (Å²) in [5, 5.41) is 21.2. The zero-order valence-corrected chi connectivity index (χ0v) is 21.9. The number of carbonyl (C=O) groups is 1. The number of aliphatic hydroxyl groups is 2. The molecular formula is C29H46O5. The second kappa shape index (κ2) is 11.9. The standard InChI is InChI=1S/C29H46O5/c1-6-7-8-11-22(30)13-14-23-24-15-20-10-9-12-27(25(20)16-21(24)17-26(23)31)33-18-28(32)34-19(2)29(3,4)5/h9-10,12,19,21-24,26,30-31H,6-8,11,13-18H2,1-5H3/t19-,21+,22+,23-,24+,26-/m1/s1. The summed E-state index contributed by atoms with van der Waals surface area (Å²) >= 11 is 0. The maximum atomic E-state index is 12.3. The van der Waals surface area contributed by atoms with Crippen LogP contribution >= 0.6 is 0 Å². The quantitative estimate of drug-likeness (QED) is 0.328. The molecule has 34 heavy (non-hydrogen) atoms. The third kappa shape index (κ3) is 6.97. The molecule has 0 aliphatic heterocycles. The summed E-state index contributed by atoms with van der Waals surface area (Å²) < 4.78 is 11.5. The van der Waals surface area contributed by atoms with E-state index in [-0.39, 0.29) is 42.2 Å². The van der Waals surface area contributed by atoms with Crippen LogP contribution in [0.4, 0.5) is 0 Å². The van der Waals surface area contributed by atoms with Crippen LogP contribution in [0, 0.1) is 23.2 Å². The summed E-state index contributed by atoms with van der Waals surface area (Å²) in [6, 6.07) is 6.09. The Labute approximate surface area is 206 Å². The lowest BCUT2D eigenvalue weighted by atomic mass is 9.73. The molecule has 2 N–H and O–H groups in total. The predicted octanol–water partition coefficient (Wildman–Crippen LogP) is 5.48. The first-order valence-corrected chi connectivity index (χ1v) is 13.4. The van der Waals surface area contributed by atoms with E-state index in [1.54, 1.807) is 0 Å². The molecule has 1 aromatic rings. The molecule has 0 bridgehead atoms. The van der Waals surface area contributed by atoms with Gasteiger partial charge in [0.2, 0.25) is 0 Å². The lowest BCUT2D eigenvalue weighted by Crippen LogP contribution is -2.31. The van der Waals surface area contributed by atoms with E-state index in [9.17, 15) is 15.0 Å². The highest BCUT2D eigenvalue weighted by Crippen LogP contribution is 2.48. The molecule has 6 atom stereocenters. The van der Waals surface area contributed by atoms with Crippen LogP contribution in [0.1, 0.15) is 90.7 Å². The van der Waals surface area contributed by atoms with Gasteiger partial charge in [-0.25, -0.2) is 4.79 Å². The molecule has 0 unspecified atom stereocenters. The van der Waals surface area contributed by atoms with Crippen molar-refractivity contribution in [3.8, 4) is 5.75 Å². The van der Waals surface area contributed by atoms with E-state index in [0.717, 1.165) is 50.7 Å². The number of esters is 1. The molecule has 2 aliphatic carbocycles.